The third-order valence-corrected chi connectivity index (χ3v) is 10.3. The van der Waals surface area contributed by atoms with E-state index in [1.165, 1.54) is 16.7 Å². The summed E-state index contributed by atoms with van der Waals surface area (Å²) < 4.78 is 27.3. The molecule has 5 aliphatic rings. The van der Waals surface area contributed by atoms with E-state index in [1.807, 2.05) is 13.8 Å². The number of rotatable bonds is 6. The summed E-state index contributed by atoms with van der Waals surface area (Å²) in [5.41, 5.74) is 10.5. The van der Waals surface area contributed by atoms with Gasteiger partial charge in [-0.3, -0.25) is 9.69 Å². The van der Waals surface area contributed by atoms with Crippen molar-refractivity contribution in [3.8, 4) is 0 Å². The number of ether oxygens (including phenoxy) is 2. The van der Waals surface area contributed by atoms with Gasteiger partial charge in [0.05, 0.1) is 35.3 Å². The number of likely N-dealkylation sites (tertiary alicyclic amines) is 1. The predicted molar refractivity (Wildman–Crippen MR) is 165 cm³/mol. The lowest BCUT2D eigenvalue weighted by Crippen LogP contribution is -2.41. The molecule has 2 unspecified atom stereocenters. The number of amides is 1. The van der Waals surface area contributed by atoms with Crippen molar-refractivity contribution in [2.45, 2.75) is 78.0 Å². The van der Waals surface area contributed by atoms with E-state index in [1.54, 1.807) is 6.07 Å². The van der Waals surface area contributed by atoms with Crippen LogP contribution < -0.4 is 5.32 Å². The first-order chi connectivity index (χ1) is 20.8. The smallest absolute Gasteiger partial charge is 0.221 e. The minimum atomic E-state index is -0.180. The Morgan fingerprint density at radius 1 is 1.21 bits per heavy atom. The van der Waals surface area contributed by atoms with E-state index >= 15 is 4.39 Å². The molecule has 0 spiro atoms. The molecule has 5 heterocycles. The molecular weight excluding hydrogens is 543 g/mol. The molecular formula is C35H41FN4O3. The minimum absolute atomic E-state index is 0.00780. The lowest BCUT2D eigenvalue weighted by atomic mass is 9.80. The normalized spacial score (nSPS) is 23.6. The van der Waals surface area contributed by atoms with Gasteiger partial charge in [0.25, 0.3) is 0 Å². The summed E-state index contributed by atoms with van der Waals surface area (Å²) in [6.45, 7) is 17.9. The minimum Gasteiger partial charge on any atom is -0.493 e. The Labute approximate surface area is 253 Å². The average molecular weight is 585 g/mol. The zero-order valence-electron chi connectivity index (χ0n) is 25.5. The molecule has 4 aliphatic heterocycles. The van der Waals surface area contributed by atoms with Gasteiger partial charge in [-0.05, 0) is 67.4 Å². The van der Waals surface area contributed by atoms with Crippen LogP contribution >= 0.6 is 0 Å². The van der Waals surface area contributed by atoms with Gasteiger partial charge in [-0.1, -0.05) is 27.0 Å². The molecule has 1 aromatic heterocycles. The summed E-state index contributed by atoms with van der Waals surface area (Å²) in [4.78, 5) is 21.7. The number of nitrogens with one attached hydrogen (secondary N) is 1. The Morgan fingerprint density at radius 2 is 2.00 bits per heavy atom. The van der Waals surface area contributed by atoms with Gasteiger partial charge in [0.15, 0.2) is 0 Å². The molecule has 7 rings (SSSR count). The topological polar surface area (TPSA) is 66.9 Å². The monoisotopic (exact) mass is 584 g/mol. The molecule has 0 saturated carbocycles. The molecule has 2 atom stereocenters. The zero-order valence-corrected chi connectivity index (χ0v) is 25.5. The van der Waals surface area contributed by atoms with Crippen molar-refractivity contribution in [1.82, 2.24) is 20.1 Å². The number of carbonyl (C=O) groups is 1. The Balaban J connectivity index is 1.27. The van der Waals surface area contributed by atoms with Gasteiger partial charge in [0, 0.05) is 59.8 Å². The van der Waals surface area contributed by atoms with E-state index in [2.05, 4.69) is 41.3 Å². The molecule has 1 aromatic carbocycles. The highest BCUT2D eigenvalue weighted by Crippen LogP contribution is 2.51. The molecule has 2 aromatic rings. The molecule has 0 radical (unpaired) electrons. The SMILES string of the molecule is C=C1OCC2=C(C=C3c4nc5cc(F)c(C)c6c5c(c4CN3C2=C)C(N2CCC(OCNC(=O)CC)CC2)CC6)C1CC. The van der Waals surface area contributed by atoms with E-state index in [4.69, 9.17) is 14.5 Å². The number of benzene rings is 1. The van der Waals surface area contributed by atoms with Crippen molar-refractivity contribution in [3.63, 3.8) is 0 Å². The van der Waals surface area contributed by atoms with Crippen LogP contribution in [0.15, 0.2) is 47.9 Å². The second-order valence-corrected chi connectivity index (χ2v) is 12.5. The third kappa shape index (κ3) is 4.52. The van der Waals surface area contributed by atoms with Crippen LogP contribution in [0.2, 0.25) is 0 Å². The first kappa shape index (κ1) is 28.3. The van der Waals surface area contributed by atoms with Gasteiger partial charge in [-0.2, -0.15) is 0 Å². The Hall–Kier alpha value is -3.49. The van der Waals surface area contributed by atoms with Gasteiger partial charge in [-0.15, -0.1) is 0 Å². The fourth-order valence-electron chi connectivity index (χ4n) is 7.89. The number of aromatic nitrogens is 1. The molecule has 8 heteroatoms. The van der Waals surface area contributed by atoms with Crippen LogP contribution in [0.25, 0.3) is 16.6 Å². The summed E-state index contributed by atoms with van der Waals surface area (Å²) in [7, 11) is 0. The van der Waals surface area contributed by atoms with Crippen molar-refractivity contribution in [3.05, 3.63) is 81.7 Å². The first-order valence-electron chi connectivity index (χ1n) is 15.8. The Kier molecular flexibility index (Phi) is 7.17. The van der Waals surface area contributed by atoms with Crippen LogP contribution in [0.1, 0.15) is 79.9 Å². The lowest BCUT2D eigenvalue weighted by molar-refractivity contribution is -0.123. The molecule has 1 aliphatic carbocycles. The number of nitrogens with zero attached hydrogens (tertiary/aromatic N) is 3. The Morgan fingerprint density at radius 3 is 2.74 bits per heavy atom. The van der Waals surface area contributed by atoms with Crippen molar-refractivity contribution in [2.24, 2.45) is 5.92 Å². The molecule has 1 fully saturated rings. The highest BCUT2D eigenvalue weighted by Gasteiger charge is 2.42. The van der Waals surface area contributed by atoms with E-state index in [0.29, 0.717) is 19.6 Å². The van der Waals surface area contributed by atoms with E-state index in [0.717, 1.165) is 95.6 Å². The van der Waals surface area contributed by atoms with Crippen LogP contribution in [0.5, 0.6) is 0 Å². The molecule has 0 bridgehead atoms. The van der Waals surface area contributed by atoms with Crippen molar-refractivity contribution < 1.29 is 18.7 Å². The molecule has 1 saturated heterocycles. The zero-order chi connectivity index (χ0) is 30.0. The average Bonchev–Trinajstić information content (AvgIpc) is 3.38. The van der Waals surface area contributed by atoms with Gasteiger partial charge in [-0.25, -0.2) is 9.37 Å². The summed E-state index contributed by atoms with van der Waals surface area (Å²) in [5, 5.41) is 3.97. The van der Waals surface area contributed by atoms with Crippen LogP contribution in [-0.2, 0) is 27.2 Å². The molecule has 7 nitrogen and oxygen atoms in total. The maximum atomic E-state index is 15.3. The predicted octanol–water partition coefficient (Wildman–Crippen LogP) is 6.18. The number of pyridine rings is 1. The fraction of sp³-hybridized carbons (Fsp3) is 0.486. The summed E-state index contributed by atoms with van der Waals surface area (Å²) in [6.07, 6.45) is 7.37. The molecule has 1 amide bonds. The summed E-state index contributed by atoms with van der Waals surface area (Å²) >= 11 is 0. The summed E-state index contributed by atoms with van der Waals surface area (Å²) in [6, 6.07) is 1.86. The van der Waals surface area contributed by atoms with Crippen LogP contribution in [0.3, 0.4) is 0 Å². The number of fused-ring (bicyclic) bond motifs is 4. The maximum Gasteiger partial charge on any atom is 0.221 e. The third-order valence-electron chi connectivity index (χ3n) is 10.3. The van der Waals surface area contributed by atoms with Crippen LogP contribution in [0.4, 0.5) is 4.39 Å². The molecule has 1 N–H and O–H groups in total. The van der Waals surface area contributed by atoms with E-state index < -0.39 is 0 Å². The quantitative estimate of drug-likeness (QED) is 0.409. The number of carbonyl (C=O) groups excluding carboxylic acids is 1. The van der Waals surface area contributed by atoms with Crippen molar-refractivity contribution in [1.29, 1.82) is 0 Å². The summed E-state index contributed by atoms with van der Waals surface area (Å²) in [5.74, 6) is 0.757. The van der Waals surface area contributed by atoms with Crippen LogP contribution in [0, 0.1) is 18.7 Å². The number of allylic oxidation sites excluding steroid dienone is 2. The van der Waals surface area contributed by atoms with Gasteiger partial charge >= 0.3 is 0 Å². The number of hydrogen-bond donors (Lipinski definition) is 1. The van der Waals surface area contributed by atoms with E-state index in [-0.39, 0.29) is 36.5 Å². The lowest BCUT2D eigenvalue weighted by Gasteiger charge is -2.41. The fourth-order valence-corrected chi connectivity index (χ4v) is 7.89. The highest BCUT2D eigenvalue weighted by atomic mass is 19.1. The first-order valence-corrected chi connectivity index (χ1v) is 15.8. The van der Waals surface area contributed by atoms with Gasteiger partial charge < -0.3 is 19.7 Å². The molecule has 43 heavy (non-hydrogen) atoms. The van der Waals surface area contributed by atoms with Crippen molar-refractivity contribution >= 4 is 22.5 Å². The van der Waals surface area contributed by atoms with Crippen molar-refractivity contribution in [2.75, 3.05) is 26.4 Å². The van der Waals surface area contributed by atoms with Crippen LogP contribution in [-0.4, -0.2) is 53.2 Å². The second kappa shape index (κ2) is 10.9. The molecule has 226 valence electrons. The number of halogens is 1. The number of hydrogen-bond acceptors (Lipinski definition) is 6. The van der Waals surface area contributed by atoms with Gasteiger partial charge in [0.1, 0.15) is 19.2 Å². The largest absolute Gasteiger partial charge is 0.493 e. The maximum absolute atomic E-state index is 15.3. The van der Waals surface area contributed by atoms with E-state index in [9.17, 15) is 4.79 Å². The standard InChI is InChI=1S/C35H41FN4O3/c1-6-23-21(5)42-17-27-20(4)40-16-26-34-30(39-12-10-22(11-13-39)43-18-37-32(41)7-2)9-8-24-19(3)28(36)15-29(33(24)34)38-35(26)31(40)14-25(23)27/h14-15,22-23,30H,4-13,16-18H2,1-3H3,(H,37,41). The van der Waals surface area contributed by atoms with Gasteiger partial charge in [0.2, 0.25) is 5.91 Å². The Bertz CT molecular complexity index is 1620. The number of aryl methyl sites for hydroxylation is 1. The highest BCUT2D eigenvalue weighted by molar-refractivity contribution is 5.93. The second-order valence-electron chi connectivity index (χ2n) is 12.5. The number of piperidine rings is 1.